The van der Waals surface area contributed by atoms with Crippen molar-refractivity contribution in [1.29, 1.82) is 0 Å². The molecule has 0 atom stereocenters. The molecule has 17 heavy (non-hydrogen) atoms. The van der Waals surface area contributed by atoms with Crippen molar-refractivity contribution in [3.63, 3.8) is 0 Å². The van der Waals surface area contributed by atoms with E-state index in [2.05, 4.69) is 11.6 Å². The van der Waals surface area contributed by atoms with Crippen LogP contribution < -0.4 is 0 Å². The smallest absolute Gasteiger partial charge is 0.150 e. The molecular weight excluding hydrogens is 213 g/mol. The fourth-order valence-corrected chi connectivity index (χ4v) is 1.36. The molecule has 0 aromatic carbocycles. The van der Waals surface area contributed by atoms with Gasteiger partial charge in [-0.25, -0.2) is 4.39 Å². The Morgan fingerprint density at radius 2 is 2.18 bits per heavy atom. The summed E-state index contributed by atoms with van der Waals surface area (Å²) < 4.78 is 13.7. The Morgan fingerprint density at radius 1 is 1.47 bits per heavy atom. The van der Waals surface area contributed by atoms with E-state index < -0.39 is 0 Å². The minimum atomic E-state index is -0.335. The fourth-order valence-electron chi connectivity index (χ4n) is 1.36. The predicted molar refractivity (Wildman–Crippen MR) is 72.7 cm³/mol. The lowest BCUT2D eigenvalue weighted by Gasteiger charge is -1.98. The van der Waals surface area contributed by atoms with Crippen LogP contribution in [0.1, 0.15) is 33.1 Å². The third-order valence-corrected chi connectivity index (χ3v) is 2.63. The van der Waals surface area contributed by atoms with Gasteiger partial charge in [-0.1, -0.05) is 24.8 Å². The summed E-state index contributed by atoms with van der Waals surface area (Å²) in [6.07, 6.45) is 12.6. The van der Waals surface area contributed by atoms with Crippen LogP contribution in [0.2, 0.25) is 0 Å². The van der Waals surface area contributed by atoms with Gasteiger partial charge in [-0.05, 0) is 45.1 Å². The monoisotopic (exact) mass is 233 g/mol. The molecule has 1 aliphatic rings. The average Bonchev–Trinajstić information content (AvgIpc) is 3.12. The highest BCUT2D eigenvalue weighted by Crippen LogP contribution is 2.32. The molecule has 0 aromatic heterocycles. The van der Waals surface area contributed by atoms with Crippen LogP contribution in [0.5, 0.6) is 0 Å². The van der Waals surface area contributed by atoms with Crippen molar-refractivity contribution in [3.8, 4) is 0 Å². The zero-order chi connectivity index (χ0) is 12.7. The highest BCUT2D eigenvalue weighted by Gasteiger charge is 2.18. The lowest BCUT2D eigenvalue weighted by atomic mass is 10.2. The standard InChI is InChI=1S/C15H20FN/c1-4-5-11-17-13(3)15(16)12(2)7-6-8-14-9-10-14/h4-7,11,14H,2,8-10H2,1,3H3/b5-4+,7-6+,15-13+,17-11+. The molecule has 1 fully saturated rings. The summed E-state index contributed by atoms with van der Waals surface area (Å²) >= 11 is 0. The summed E-state index contributed by atoms with van der Waals surface area (Å²) in [5.74, 6) is 0.484. The second-order valence-corrected chi connectivity index (χ2v) is 4.31. The molecule has 2 heteroatoms. The molecule has 92 valence electrons. The zero-order valence-electron chi connectivity index (χ0n) is 10.6. The van der Waals surface area contributed by atoms with E-state index in [-0.39, 0.29) is 5.83 Å². The number of aliphatic imine (C=N–C) groups is 1. The Bertz CT molecular complexity index is 382. The number of hydrogen-bond acceptors (Lipinski definition) is 1. The van der Waals surface area contributed by atoms with E-state index in [1.807, 2.05) is 19.1 Å². The molecule has 1 nitrogen and oxygen atoms in total. The number of hydrogen-bond donors (Lipinski definition) is 0. The van der Waals surface area contributed by atoms with Crippen LogP contribution in [-0.4, -0.2) is 6.21 Å². The van der Waals surface area contributed by atoms with Gasteiger partial charge in [-0.2, -0.15) is 0 Å². The Hall–Kier alpha value is -1.44. The summed E-state index contributed by atoms with van der Waals surface area (Å²) in [5, 5.41) is 0. The van der Waals surface area contributed by atoms with Gasteiger partial charge >= 0.3 is 0 Å². The first-order valence-corrected chi connectivity index (χ1v) is 6.02. The van der Waals surface area contributed by atoms with Crippen LogP contribution in [0.4, 0.5) is 4.39 Å². The van der Waals surface area contributed by atoms with Crippen LogP contribution in [-0.2, 0) is 0 Å². The minimum Gasteiger partial charge on any atom is -0.259 e. The summed E-state index contributed by atoms with van der Waals surface area (Å²) in [6, 6.07) is 0. The van der Waals surface area contributed by atoms with Gasteiger partial charge < -0.3 is 0 Å². The maximum atomic E-state index is 13.7. The second kappa shape index (κ2) is 7.00. The van der Waals surface area contributed by atoms with E-state index in [1.165, 1.54) is 12.8 Å². The fraction of sp³-hybridized carbons (Fsp3) is 0.400. The molecule has 0 saturated heterocycles. The SMILES string of the molecule is C=C(/C=C/CC1CC1)\C(F)=C(C)/N=C/C=C/C. The minimum absolute atomic E-state index is 0.335. The van der Waals surface area contributed by atoms with Gasteiger partial charge in [0.25, 0.3) is 0 Å². The maximum absolute atomic E-state index is 13.7. The van der Waals surface area contributed by atoms with Crippen molar-refractivity contribution in [2.45, 2.75) is 33.1 Å². The number of allylic oxidation sites excluding steroid dienone is 7. The summed E-state index contributed by atoms with van der Waals surface area (Å²) in [4.78, 5) is 3.99. The molecule has 1 aliphatic carbocycles. The molecule has 0 spiro atoms. The largest absolute Gasteiger partial charge is 0.259 e. The molecule has 0 bridgehead atoms. The van der Waals surface area contributed by atoms with Crippen molar-refractivity contribution in [3.05, 3.63) is 48.0 Å². The lowest BCUT2D eigenvalue weighted by molar-refractivity contribution is 0.643. The highest BCUT2D eigenvalue weighted by atomic mass is 19.1. The number of rotatable bonds is 6. The van der Waals surface area contributed by atoms with E-state index in [4.69, 9.17) is 0 Å². The quantitative estimate of drug-likeness (QED) is 0.464. The molecule has 1 rings (SSSR count). The first kappa shape index (κ1) is 13.6. The van der Waals surface area contributed by atoms with Gasteiger partial charge in [-0.15, -0.1) is 0 Å². The first-order chi connectivity index (χ1) is 8.15. The van der Waals surface area contributed by atoms with E-state index in [0.717, 1.165) is 12.3 Å². The summed E-state index contributed by atoms with van der Waals surface area (Å²) in [5.41, 5.74) is 0.768. The van der Waals surface area contributed by atoms with Crippen LogP contribution in [0, 0.1) is 5.92 Å². The Morgan fingerprint density at radius 3 is 2.76 bits per heavy atom. The highest BCUT2D eigenvalue weighted by molar-refractivity contribution is 5.72. The second-order valence-electron chi connectivity index (χ2n) is 4.31. The molecular formula is C15H20FN. The van der Waals surface area contributed by atoms with Crippen molar-refractivity contribution >= 4 is 6.21 Å². The Labute approximate surface area is 103 Å². The number of nitrogens with zero attached hydrogens (tertiary/aromatic N) is 1. The van der Waals surface area contributed by atoms with E-state index in [9.17, 15) is 4.39 Å². The molecule has 0 radical (unpaired) electrons. The normalized spacial score (nSPS) is 18.3. The Balaban J connectivity index is 2.52. The zero-order valence-corrected chi connectivity index (χ0v) is 10.6. The van der Waals surface area contributed by atoms with Gasteiger partial charge in [0.15, 0.2) is 5.83 Å². The molecule has 0 aromatic rings. The van der Waals surface area contributed by atoms with E-state index in [1.54, 1.807) is 25.3 Å². The maximum Gasteiger partial charge on any atom is 0.150 e. The van der Waals surface area contributed by atoms with Gasteiger partial charge in [-0.3, -0.25) is 4.99 Å². The van der Waals surface area contributed by atoms with Crippen molar-refractivity contribution in [2.24, 2.45) is 10.9 Å². The predicted octanol–water partition coefficient (Wildman–Crippen LogP) is 4.75. The molecule has 1 saturated carbocycles. The van der Waals surface area contributed by atoms with Crippen molar-refractivity contribution in [2.75, 3.05) is 0 Å². The first-order valence-electron chi connectivity index (χ1n) is 6.02. The van der Waals surface area contributed by atoms with Crippen LogP contribution in [0.3, 0.4) is 0 Å². The topological polar surface area (TPSA) is 12.4 Å². The van der Waals surface area contributed by atoms with Gasteiger partial charge in [0, 0.05) is 11.8 Å². The van der Waals surface area contributed by atoms with Crippen molar-refractivity contribution in [1.82, 2.24) is 0 Å². The molecule has 0 unspecified atom stereocenters. The Kier molecular flexibility index (Phi) is 5.61. The third-order valence-electron chi connectivity index (χ3n) is 2.63. The summed E-state index contributed by atoms with van der Waals surface area (Å²) in [7, 11) is 0. The number of halogens is 1. The molecule has 0 N–H and O–H groups in total. The van der Waals surface area contributed by atoms with Gasteiger partial charge in [0.2, 0.25) is 0 Å². The van der Waals surface area contributed by atoms with Gasteiger partial charge in [0.05, 0.1) is 5.70 Å². The molecule has 0 aliphatic heterocycles. The lowest BCUT2D eigenvalue weighted by Crippen LogP contribution is -1.83. The van der Waals surface area contributed by atoms with Crippen LogP contribution >= 0.6 is 0 Å². The van der Waals surface area contributed by atoms with Gasteiger partial charge in [0.1, 0.15) is 0 Å². The van der Waals surface area contributed by atoms with Crippen LogP contribution in [0.25, 0.3) is 0 Å². The average molecular weight is 233 g/mol. The third kappa shape index (κ3) is 5.43. The van der Waals surface area contributed by atoms with Crippen molar-refractivity contribution < 1.29 is 4.39 Å². The summed E-state index contributed by atoms with van der Waals surface area (Å²) in [6.45, 7) is 7.25. The van der Waals surface area contributed by atoms with Crippen LogP contribution in [0.15, 0.2) is 53.0 Å². The molecule has 0 heterocycles. The molecule has 0 amide bonds. The van der Waals surface area contributed by atoms with E-state index >= 15 is 0 Å². The van der Waals surface area contributed by atoms with E-state index in [0.29, 0.717) is 11.3 Å².